The quantitative estimate of drug-likeness (QED) is 0.494. The van der Waals surface area contributed by atoms with Crippen LogP contribution < -0.4 is 15.4 Å². The second-order valence-corrected chi connectivity index (χ2v) is 7.72. The molecule has 2 aromatic carbocycles. The van der Waals surface area contributed by atoms with E-state index in [1.54, 1.807) is 35.1 Å². The summed E-state index contributed by atoms with van der Waals surface area (Å²) in [6.07, 6.45) is 1.61. The minimum absolute atomic E-state index is 0.138. The molecule has 10 heteroatoms. The number of aryl methyl sites for hydroxylation is 1. The molecule has 0 spiro atoms. The van der Waals surface area contributed by atoms with Crippen molar-refractivity contribution in [1.29, 1.82) is 0 Å². The number of hydrogen-bond acceptors (Lipinski definition) is 4. The molecule has 3 rings (SSSR count). The van der Waals surface area contributed by atoms with Crippen molar-refractivity contribution >= 4 is 52.3 Å². The van der Waals surface area contributed by atoms with Crippen molar-refractivity contribution in [3.63, 3.8) is 0 Å². The lowest BCUT2D eigenvalue weighted by molar-refractivity contribution is 0.0958. The fourth-order valence-corrected chi connectivity index (χ4v) is 3.71. The molecule has 0 aliphatic heterocycles. The molecule has 1 aromatic heterocycles. The number of ether oxygens (including phenoxy) is 1. The third kappa shape index (κ3) is 5.50. The molecule has 0 saturated carbocycles. The van der Waals surface area contributed by atoms with Crippen LogP contribution in [-0.4, -0.2) is 28.6 Å². The predicted octanol–water partition coefficient (Wildman–Crippen LogP) is 5.05. The average molecular weight is 482 g/mol. The summed E-state index contributed by atoms with van der Waals surface area (Å²) in [5.41, 5.74) is 1.59. The van der Waals surface area contributed by atoms with E-state index in [1.807, 2.05) is 6.92 Å². The summed E-state index contributed by atoms with van der Waals surface area (Å²) in [4.78, 5) is 24.8. The Bertz CT molecular complexity index is 1110. The minimum Gasteiger partial charge on any atom is -0.486 e. The lowest BCUT2D eigenvalue weighted by Crippen LogP contribution is -2.21. The van der Waals surface area contributed by atoms with Crippen molar-refractivity contribution in [3.8, 4) is 5.75 Å². The molecule has 162 valence electrons. The molecule has 0 aliphatic carbocycles. The topological polar surface area (TPSA) is 85.2 Å². The van der Waals surface area contributed by atoms with Crippen molar-refractivity contribution in [2.24, 2.45) is 0 Å². The Morgan fingerprint density at radius 2 is 1.81 bits per heavy atom. The van der Waals surface area contributed by atoms with E-state index in [0.29, 0.717) is 38.6 Å². The highest BCUT2D eigenvalue weighted by atomic mass is 35.5. The molecular weight excluding hydrogens is 463 g/mol. The number of hydrogen-bond donors (Lipinski definition) is 2. The van der Waals surface area contributed by atoms with Gasteiger partial charge in [0.05, 0.1) is 15.7 Å². The number of nitrogens with zero attached hydrogens (tertiary/aromatic N) is 2. The minimum atomic E-state index is -0.388. The molecule has 7 nitrogen and oxygen atoms in total. The van der Waals surface area contributed by atoms with E-state index in [9.17, 15) is 9.59 Å². The third-order valence-corrected chi connectivity index (χ3v) is 5.09. The van der Waals surface area contributed by atoms with E-state index in [1.165, 1.54) is 19.2 Å². The monoisotopic (exact) mass is 480 g/mol. The van der Waals surface area contributed by atoms with Crippen LogP contribution in [0.15, 0.2) is 42.6 Å². The lowest BCUT2D eigenvalue weighted by Gasteiger charge is -2.11. The first-order valence-corrected chi connectivity index (χ1v) is 10.4. The molecule has 0 radical (unpaired) electrons. The maximum absolute atomic E-state index is 12.8. The van der Waals surface area contributed by atoms with Crippen LogP contribution in [0, 0.1) is 0 Å². The van der Waals surface area contributed by atoms with Gasteiger partial charge in [0.15, 0.2) is 11.4 Å². The van der Waals surface area contributed by atoms with Gasteiger partial charge in [-0.2, -0.15) is 5.10 Å². The summed E-state index contributed by atoms with van der Waals surface area (Å²) < 4.78 is 7.30. The third-order valence-electron chi connectivity index (χ3n) is 4.31. The van der Waals surface area contributed by atoms with Crippen LogP contribution in [0.3, 0.4) is 0 Å². The van der Waals surface area contributed by atoms with Gasteiger partial charge in [0.2, 0.25) is 0 Å². The standard InChI is InChI=1S/C21H19Cl3N4O3/c1-3-28-10-17(18(27-28)21(30)25-2)26-20(29)13-6-4-5-12(7-13)11-31-19-15(23)8-14(22)9-16(19)24/h4-10H,3,11H2,1-2H3,(H,25,30)(H,26,29). The van der Waals surface area contributed by atoms with Crippen molar-refractivity contribution in [3.05, 3.63) is 74.5 Å². The Labute approximate surface area is 194 Å². The smallest absolute Gasteiger partial charge is 0.273 e. The Morgan fingerprint density at radius 3 is 2.45 bits per heavy atom. The van der Waals surface area contributed by atoms with Gasteiger partial charge >= 0.3 is 0 Å². The summed E-state index contributed by atoms with van der Waals surface area (Å²) in [5.74, 6) is -0.462. The Hall–Kier alpha value is -2.74. The summed E-state index contributed by atoms with van der Waals surface area (Å²) in [6, 6.07) is 9.94. The van der Waals surface area contributed by atoms with Crippen molar-refractivity contribution < 1.29 is 14.3 Å². The predicted molar refractivity (Wildman–Crippen MR) is 121 cm³/mol. The highest BCUT2D eigenvalue weighted by molar-refractivity contribution is 6.40. The maximum Gasteiger partial charge on any atom is 0.273 e. The first kappa shape index (κ1) is 22.9. The highest BCUT2D eigenvalue weighted by Gasteiger charge is 2.18. The van der Waals surface area contributed by atoms with Crippen molar-refractivity contribution in [1.82, 2.24) is 15.1 Å². The normalized spacial score (nSPS) is 10.6. The Morgan fingerprint density at radius 1 is 1.10 bits per heavy atom. The van der Waals surface area contributed by atoms with E-state index < -0.39 is 0 Å². The summed E-state index contributed by atoms with van der Waals surface area (Å²) in [6.45, 7) is 2.58. The molecule has 0 atom stereocenters. The molecule has 0 fully saturated rings. The number of amides is 2. The SMILES string of the molecule is CCn1cc(NC(=O)c2cccc(COc3c(Cl)cc(Cl)cc3Cl)c2)c(C(=O)NC)n1. The van der Waals surface area contributed by atoms with Crippen LogP contribution in [0.5, 0.6) is 5.75 Å². The molecule has 2 N–H and O–H groups in total. The molecule has 0 aliphatic rings. The van der Waals surface area contributed by atoms with Crippen LogP contribution in [0.1, 0.15) is 33.3 Å². The molecule has 1 heterocycles. The number of nitrogens with one attached hydrogen (secondary N) is 2. The number of aromatic nitrogens is 2. The molecule has 2 amide bonds. The Balaban J connectivity index is 1.75. The number of benzene rings is 2. The van der Waals surface area contributed by atoms with Gasteiger partial charge in [-0.25, -0.2) is 0 Å². The zero-order valence-corrected chi connectivity index (χ0v) is 19.0. The van der Waals surface area contributed by atoms with E-state index in [2.05, 4.69) is 15.7 Å². The summed E-state index contributed by atoms with van der Waals surface area (Å²) in [5, 5.41) is 10.4. The molecule has 0 saturated heterocycles. The van der Waals surface area contributed by atoms with E-state index >= 15 is 0 Å². The number of carbonyl (C=O) groups is 2. The van der Waals surface area contributed by atoms with Gasteiger partial charge in [-0.05, 0) is 36.8 Å². The second kappa shape index (κ2) is 10.0. The number of halogens is 3. The van der Waals surface area contributed by atoms with Gasteiger partial charge in [-0.1, -0.05) is 46.9 Å². The number of carbonyl (C=O) groups excluding carboxylic acids is 2. The van der Waals surface area contributed by atoms with E-state index in [-0.39, 0.29) is 24.1 Å². The van der Waals surface area contributed by atoms with Gasteiger partial charge in [0.25, 0.3) is 11.8 Å². The molecule has 3 aromatic rings. The zero-order chi connectivity index (χ0) is 22.5. The van der Waals surface area contributed by atoms with Gasteiger partial charge < -0.3 is 15.4 Å². The number of rotatable bonds is 7. The highest BCUT2D eigenvalue weighted by Crippen LogP contribution is 2.36. The first-order valence-electron chi connectivity index (χ1n) is 9.29. The number of anilines is 1. The van der Waals surface area contributed by atoms with Crippen LogP contribution >= 0.6 is 34.8 Å². The maximum atomic E-state index is 12.8. The van der Waals surface area contributed by atoms with E-state index in [0.717, 1.165) is 5.56 Å². The van der Waals surface area contributed by atoms with Gasteiger partial charge in [0, 0.05) is 30.4 Å². The summed E-state index contributed by atoms with van der Waals surface area (Å²) >= 11 is 18.2. The largest absolute Gasteiger partial charge is 0.486 e. The van der Waals surface area contributed by atoms with Gasteiger partial charge in [-0.15, -0.1) is 0 Å². The van der Waals surface area contributed by atoms with Crippen LogP contribution in [0.2, 0.25) is 15.1 Å². The molecular formula is C21H19Cl3N4O3. The molecule has 0 bridgehead atoms. The van der Waals surface area contributed by atoms with Gasteiger partial charge in [-0.3, -0.25) is 14.3 Å². The van der Waals surface area contributed by atoms with Crippen LogP contribution in [-0.2, 0) is 13.2 Å². The zero-order valence-electron chi connectivity index (χ0n) is 16.7. The Kier molecular flexibility index (Phi) is 7.43. The summed E-state index contributed by atoms with van der Waals surface area (Å²) in [7, 11) is 1.50. The molecule has 31 heavy (non-hydrogen) atoms. The fourth-order valence-electron chi connectivity index (χ4n) is 2.78. The van der Waals surface area contributed by atoms with E-state index in [4.69, 9.17) is 39.5 Å². The first-order chi connectivity index (χ1) is 14.8. The average Bonchev–Trinajstić information content (AvgIpc) is 3.15. The van der Waals surface area contributed by atoms with Gasteiger partial charge in [0.1, 0.15) is 6.61 Å². The fraction of sp³-hybridized carbons (Fsp3) is 0.190. The van der Waals surface area contributed by atoms with Crippen molar-refractivity contribution in [2.45, 2.75) is 20.1 Å². The van der Waals surface area contributed by atoms with Crippen LogP contribution in [0.25, 0.3) is 0 Å². The second-order valence-electron chi connectivity index (χ2n) is 6.47. The van der Waals surface area contributed by atoms with Crippen molar-refractivity contribution in [2.75, 3.05) is 12.4 Å². The van der Waals surface area contributed by atoms with Crippen LogP contribution in [0.4, 0.5) is 5.69 Å². The molecule has 0 unspecified atom stereocenters. The lowest BCUT2D eigenvalue weighted by atomic mass is 10.1.